The fourth-order valence-electron chi connectivity index (χ4n) is 9.67. The fourth-order valence-corrected chi connectivity index (χ4v) is 9.67. The molecule has 0 aliphatic carbocycles. The first-order valence-corrected chi connectivity index (χ1v) is 26.2. The van der Waals surface area contributed by atoms with Crippen LogP contribution in [0.5, 0.6) is 0 Å². The molecule has 3 aromatic carbocycles. The van der Waals surface area contributed by atoms with E-state index in [4.69, 9.17) is 14.2 Å². The molecule has 12 N–H and O–H groups in total. The highest BCUT2D eigenvalue weighted by Crippen LogP contribution is 2.52. The molecule has 2 fully saturated rings. The van der Waals surface area contributed by atoms with Gasteiger partial charge in [0.25, 0.3) is 0 Å². The minimum absolute atomic E-state index is 0.0742. The number of hydrogen-bond acceptors (Lipinski definition) is 16. The average Bonchev–Trinajstić information content (AvgIpc) is 1.57. The van der Waals surface area contributed by atoms with Gasteiger partial charge in [-0.1, -0.05) is 18.2 Å². The Morgan fingerprint density at radius 3 is 1.26 bits per heavy atom. The highest BCUT2D eigenvalue weighted by atomic mass is 19.4. The third-order valence-corrected chi connectivity index (χ3v) is 13.2. The van der Waals surface area contributed by atoms with Crippen LogP contribution in [-0.4, -0.2) is 160 Å². The number of likely N-dealkylation sites (tertiary alicyclic amines) is 2. The Bertz CT molecular complexity index is 3320. The molecule has 0 spiro atoms. The number of aromatic nitrogens is 1. The Hall–Kier alpha value is -9.28. The topological polar surface area (TPSA) is 377 Å². The predicted molar refractivity (Wildman–Crippen MR) is 291 cm³/mol. The summed E-state index contributed by atoms with van der Waals surface area (Å²) in [6.45, 7) is 14.5. The molecule has 1 aromatic heterocycles. The number of carbonyl (C=O) groups excluding carboxylic acids is 6. The number of H-pyrrole nitrogens is 1. The van der Waals surface area contributed by atoms with Crippen LogP contribution in [0.4, 0.5) is 82.3 Å². The van der Waals surface area contributed by atoms with Crippen LogP contribution in [0.3, 0.4) is 0 Å². The minimum atomic E-state index is -5.08. The molecule has 8 rings (SSSR count). The van der Waals surface area contributed by atoms with Crippen molar-refractivity contribution >= 4 is 93.2 Å². The molecule has 0 saturated carbocycles. The lowest BCUT2D eigenvalue weighted by Crippen LogP contribution is -2.51. The normalized spacial score (nSPS) is 21.3. The molecule has 0 radical (unpaired) electrons. The van der Waals surface area contributed by atoms with Crippen molar-refractivity contribution in [1.82, 2.24) is 20.1 Å². The van der Waals surface area contributed by atoms with Gasteiger partial charge in [-0.2, -0.15) is 39.5 Å². The number of amides is 6. The van der Waals surface area contributed by atoms with E-state index in [1.165, 1.54) is 36.5 Å². The number of ether oxygens (including phenoxy) is 3. The summed E-state index contributed by atoms with van der Waals surface area (Å²) in [6, 6.07) is 7.11. The molecule has 4 aromatic rings. The van der Waals surface area contributed by atoms with Gasteiger partial charge >= 0.3 is 72.4 Å². The van der Waals surface area contributed by atoms with Gasteiger partial charge in [-0.05, 0) is 104 Å². The molecule has 5 heterocycles. The highest BCUT2D eigenvalue weighted by molar-refractivity contribution is 5.98. The predicted octanol–water partition coefficient (Wildman–Crippen LogP) is 7.63. The summed E-state index contributed by atoms with van der Waals surface area (Å²) in [5, 5.41) is 64.3. The van der Waals surface area contributed by atoms with E-state index in [2.05, 4.69) is 20.9 Å². The van der Waals surface area contributed by atoms with Crippen LogP contribution >= 0.6 is 0 Å². The van der Waals surface area contributed by atoms with Crippen molar-refractivity contribution in [2.45, 2.75) is 159 Å². The van der Waals surface area contributed by atoms with Crippen LogP contribution < -0.4 is 31.9 Å². The van der Waals surface area contributed by atoms with Crippen molar-refractivity contribution in [3.8, 4) is 0 Å². The van der Waals surface area contributed by atoms with Gasteiger partial charge in [0.1, 0.15) is 58.5 Å². The number of rotatable bonds is 9. The molecule has 2 saturated heterocycles. The Kier molecular flexibility index (Phi) is 18.8. The zero-order valence-corrected chi connectivity index (χ0v) is 48.2. The second-order valence-corrected chi connectivity index (χ2v) is 23.5. The lowest BCUT2D eigenvalue weighted by Gasteiger charge is -2.31. The standard InChI is InChI=1S/2C18H20F3N3O6.C18H20F3N3O5/c2*1-16(2,3)30-15(28)24-11(12(25)26)7-17(29)9-5-4-8(6-10(9)23-13(17)24)22-14(27)18(19,20)21;1-17(2,3)29-16(28)24-13(14(25)26)6-9-8-22-12-7-10(4-5-11(9)12)23-15(27)18(19,20)21/h2*4-6,11,13,23,29H,7H2,1-3H3,(H,22,27)(H,25,26);4-5,7-8,13,22H,6H2,1-3H3,(H,23,27)(H,24,28)(H,25,26)/t11-,13+,17-;11-,13-,17+;13-/m000/s1. The van der Waals surface area contributed by atoms with Crippen LogP contribution in [-0.2, 0) is 60.6 Å². The number of fused-ring (bicyclic) bond motifs is 7. The molecular weight excluding hydrogens is 1220 g/mol. The monoisotopic (exact) mass is 1280 g/mol. The van der Waals surface area contributed by atoms with Gasteiger partial charge in [0, 0.05) is 75.9 Å². The first-order valence-electron chi connectivity index (χ1n) is 26.2. The summed E-state index contributed by atoms with van der Waals surface area (Å²) in [7, 11) is 0. The molecule has 0 bridgehead atoms. The number of aliphatic carboxylic acids is 3. The second-order valence-electron chi connectivity index (χ2n) is 23.5. The molecular formula is C54H60F9N9O17. The van der Waals surface area contributed by atoms with Crippen LogP contribution in [0, 0.1) is 0 Å². The summed E-state index contributed by atoms with van der Waals surface area (Å²) < 4.78 is 127. The van der Waals surface area contributed by atoms with Crippen LogP contribution in [0.25, 0.3) is 10.9 Å². The smallest absolute Gasteiger partial charge is 0.471 e. The molecule has 486 valence electrons. The fraction of sp³-hybridized carbons (Fsp3) is 0.463. The lowest BCUT2D eigenvalue weighted by molar-refractivity contribution is -0.167. The van der Waals surface area contributed by atoms with Gasteiger partial charge in [0.05, 0.1) is 0 Å². The quantitative estimate of drug-likeness (QED) is 0.0566. The van der Waals surface area contributed by atoms with Crippen LogP contribution in [0.1, 0.15) is 91.8 Å². The SMILES string of the molecule is CC(C)(C)OC(=O)N1[C@H](C(=O)O)C[C@@]2(O)c3ccc(NC(=O)C(F)(F)F)cc3N[C@@H]12.CC(C)(C)OC(=O)N1[C@H]2Nc3cc(NC(=O)C(F)(F)F)ccc3[C@@]2(O)C[C@H]1C(=O)O.CC(C)(C)OC(=O)N[C@@H](Cc1c[nH]c2cc(NC(=O)C(F)(F)F)ccc12)C(=O)O. The van der Waals surface area contributed by atoms with E-state index >= 15 is 0 Å². The number of aromatic amines is 1. The van der Waals surface area contributed by atoms with Crippen molar-refractivity contribution in [2.75, 3.05) is 26.6 Å². The maximum atomic E-state index is 12.6. The third kappa shape index (κ3) is 16.1. The second kappa shape index (κ2) is 24.4. The van der Waals surface area contributed by atoms with Crippen molar-refractivity contribution in [3.63, 3.8) is 0 Å². The molecule has 4 aliphatic heterocycles. The Labute approximate surface area is 497 Å². The molecule has 35 heteroatoms. The van der Waals surface area contributed by atoms with E-state index in [-0.39, 0.29) is 58.8 Å². The lowest BCUT2D eigenvalue weighted by atomic mass is 9.91. The van der Waals surface area contributed by atoms with Gasteiger partial charge < -0.3 is 76.6 Å². The van der Waals surface area contributed by atoms with Gasteiger partial charge in [-0.15, -0.1) is 0 Å². The van der Waals surface area contributed by atoms with E-state index in [0.29, 0.717) is 16.5 Å². The van der Waals surface area contributed by atoms with E-state index in [1.54, 1.807) is 78.3 Å². The van der Waals surface area contributed by atoms with Crippen LogP contribution in [0.15, 0.2) is 60.8 Å². The molecule has 26 nitrogen and oxygen atoms in total. The summed E-state index contributed by atoms with van der Waals surface area (Å²) in [6.07, 6.45) is -19.8. The van der Waals surface area contributed by atoms with E-state index in [9.17, 15) is 108 Å². The first-order chi connectivity index (χ1) is 40.5. The summed E-state index contributed by atoms with van der Waals surface area (Å²) in [5.41, 5.74) is -5.16. The van der Waals surface area contributed by atoms with Gasteiger partial charge in [-0.25, -0.2) is 28.8 Å². The summed E-state index contributed by atoms with van der Waals surface area (Å²) >= 11 is 0. The Morgan fingerprint density at radius 2 is 0.921 bits per heavy atom. The van der Waals surface area contributed by atoms with Gasteiger partial charge in [-0.3, -0.25) is 24.2 Å². The number of benzene rings is 3. The largest absolute Gasteiger partial charge is 0.480 e. The number of carboxylic acid groups (broad SMARTS) is 3. The Balaban J connectivity index is 0.000000213. The molecule has 7 atom stereocenters. The van der Waals surface area contributed by atoms with Crippen molar-refractivity contribution in [3.05, 3.63) is 77.5 Å². The number of nitrogens with one attached hydrogen (secondary N) is 7. The number of halogens is 9. The molecule has 0 unspecified atom stereocenters. The number of nitrogens with zero attached hydrogens (tertiary/aromatic N) is 2. The van der Waals surface area contributed by atoms with E-state index in [0.717, 1.165) is 34.1 Å². The zero-order valence-electron chi connectivity index (χ0n) is 48.2. The molecule has 89 heavy (non-hydrogen) atoms. The number of carbonyl (C=O) groups is 9. The van der Waals surface area contributed by atoms with Gasteiger partial charge in [0.15, 0.2) is 0 Å². The average molecular weight is 1280 g/mol. The number of hydrogen-bond donors (Lipinski definition) is 12. The van der Waals surface area contributed by atoms with Crippen molar-refractivity contribution in [1.29, 1.82) is 0 Å². The maximum absolute atomic E-state index is 12.6. The third-order valence-electron chi connectivity index (χ3n) is 13.2. The number of alkyl halides is 9. The minimum Gasteiger partial charge on any atom is -0.480 e. The van der Waals surface area contributed by atoms with Gasteiger partial charge in [0.2, 0.25) is 0 Å². The molecule has 4 aliphatic rings. The van der Waals surface area contributed by atoms with E-state index in [1.807, 2.05) is 0 Å². The maximum Gasteiger partial charge on any atom is 0.471 e. The number of anilines is 5. The summed E-state index contributed by atoms with van der Waals surface area (Å²) in [5.74, 6) is -10.4. The molecule has 6 amide bonds. The van der Waals surface area contributed by atoms with Crippen molar-refractivity contribution in [2.24, 2.45) is 0 Å². The van der Waals surface area contributed by atoms with E-state index < -0.39 is 131 Å². The van der Waals surface area contributed by atoms with Crippen LogP contribution in [0.2, 0.25) is 0 Å². The first kappa shape index (κ1) is 68.8. The summed E-state index contributed by atoms with van der Waals surface area (Å²) in [4.78, 5) is 110. The van der Waals surface area contributed by atoms with Crippen molar-refractivity contribution < 1.29 is 122 Å². The number of carboxylic acids is 3. The highest BCUT2D eigenvalue weighted by Gasteiger charge is 2.63. The Morgan fingerprint density at radius 1 is 0.562 bits per heavy atom. The number of alkyl carbamates (subject to hydrolysis) is 1. The zero-order chi connectivity index (χ0) is 67.3. The number of aliphatic hydroxyl groups is 2.